The second kappa shape index (κ2) is 4.63. The molecule has 84 valence electrons. The Hall–Kier alpha value is -1.39. The van der Waals surface area contributed by atoms with E-state index in [4.69, 9.17) is 10.5 Å². The zero-order valence-electron chi connectivity index (χ0n) is 9.31. The zero-order chi connectivity index (χ0) is 11.5. The largest absolute Gasteiger partial charge is 0.497 e. The van der Waals surface area contributed by atoms with E-state index in [0.717, 1.165) is 21.9 Å². The molecule has 0 bridgehead atoms. The molecule has 0 saturated carbocycles. The van der Waals surface area contributed by atoms with Gasteiger partial charge in [0.1, 0.15) is 5.75 Å². The smallest absolute Gasteiger partial charge is 0.118 e. The van der Waals surface area contributed by atoms with Crippen molar-refractivity contribution in [3.8, 4) is 5.75 Å². The molecule has 0 spiro atoms. The lowest BCUT2D eigenvalue weighted by Crippen LogP contribution is -2.11. The summed E-state index contributed by atoms with van der Waals surface area (Å²) in [7, 11) is 1.66. The van der Waals surface area contributed by atoms with Gasteiger partial charge in [-0.25, -0.2) is 4.98 Å². The quantitative estimate of drug-likeness (QED) is 0.887. The fourth-order valence-corrected chi connectivity index (χ4v) is 2.40. The minimum absolute atomic E-state index is 0.0987. The Bertz CT molecular complexity index is 464. The number of nitrogens with zero attached hydrogens (tertiary/aromatic N) is 1. The molecule has 1 atom stereocenters. The monoisotopic (exact) mass is 234 g/mol. The minimum atomic E-state index is -0.0987. The predicted molar refractivity (Wildman–Crippen MR) is 65.9 cm³/mol. The lowest BCUT2D eigenvalue weighted by molar-refractivity contribution is 0.414. The van der Waals surface area contributed by atoms with Crippen molar-refractivity contribution in [1.82, 2.24) is 4.98 Å². The van der Waals surface area contributed by atoms with E-state index in [2.05, 4.69) is 4.98 Å². The van der Waals surface area contributed by atoms with Crippen LogP contribution >= 0.6 is 11.3 Å². The third-order valence-electron chi connectivity index (χ3n) is 2.54. The molecule has 0 fully saturated rings. The van der Waals surface area contributed by atoms with Crippen LogP contribution in [0.1, 0.15) is 22.2 Å². The van der Waals surface area contributed by atoms with Crippen molar-refractivity contribution in [3.63, 3.8) is 0 Å². The van der Waals surface area contributed by atoms with Crippen LogP contribution in [0.3, 0.4) is 0 Å². The van der Waals surface area contributed by atoms with Gasteiger partial charge in [-0.15, -0.1) is 11.3 Å². The molecule has 2 rings (SSSR count). The summed E-state index contributed by atoms with van der Waals surface area (Å²) in [6.07, 6.45) is 0. The SMILES string of the molecule is COc1ccc(C(N)c2scnc2C)cc1. The minimum Gasteiger partial charge on any atom is -0.497 e. The Morgan fingerprint density at radius 2 is 2.00 bits per heavy atom. The van der Waals surface area contributed by atoms with Crippen LogP contribution in [0.4, 0.5) is 0 Å². The molecule has 1 aromatic carbocycles. The molecule has 0 aliphatic rings. The maximum atomic E-state index is 6.18. The number of aryl methyl sites for hydroxylation is 1. The molecule has 0 aliphatic heterocycles. The Balaban J connectivity index is 2.27. The van der Waals surface area contributed by atoms with E-state index in [9.17, 15) is 0 Å². The average Bonchev–Trinajstić information content (AvgIpc) is 2.75. The van der Waals surface area contributed by atoms with Gasteiger partial charge in [0.2, 0.25) is 0 Å². The fourth-order valence-electron chi connectivity index (χ4n) is 1.57. The van der Waals surface area contributed by atoms with Crippen LogP contribution < -0.4 is 10.5 Å². The van der Waals surface area contributed by atoms with Crippen molar-refractivity contribution >= 4 is 11.3 Å². The summed E-state index contributed by atoms with van der Waals surface area (Å²) in [6, 6.07) is 7.72. The number of thiazole rings is 1. The average molecular weight is 234 g/mol. The summed E-state index contributed by atoms with van der Waals surface area (Å²) in [5.74, 6) is 0.844. The topological polar surface area (TPSA) is 48.1 Å². The molecule has 0 aliphatic carbocycles. The first-order valence-electron chi connectivity index (χ1n) is 5.02. The van der Waals surface area contributed by atoms with E-state index in [0.29, 0.717) is 0 Å². The molecule has 0 radical (unpaired) electrons. The van der Waals surface area contributed by atoms with Gasteiger partial charge in [0, 0.05) is 4.88 Å². The van der Waals surface area contributed by atoms with Crippen molar-refractivity contribution in [2.24, 2.45) is 5.73 Å². The molecule has 1 heterocycles. The molecule has 2 N–H and O–H groups in total. The lowest BCUT2D eigenvalue weighted by atomic mass is 10.1. The summed E-state index contributed by atoms with van der Waals surface area (Å²) >= 11 is 1.60. The number of hydrogen-bond acceptors (Lipinski definition) is 4. The highest BCUT2D eigenvalue weighted by atomic mass is 32.1. The Labute approximate surface area is 98.9 Å². The van der Waals surface area contributed by atoms with E-state index >= 15 is 0 Å². The van der Waals surface area contributed by atoms with Crippen LogP contribution in [0.5, 0.6) is 5.75 Å². The van der Waals surface area contributed by atoms with Gasteiger partial charge in [0.05, 0.1) is 24.4 Å². The number of benzene rings is 1. The molecule has 1 unspecified atom stereocenters. The highest BCUT2D eigenvalue weighted by Gasteiger charge is 2.13. The first-order valence-corrected chi connectivity index (χ1v) is 5.90. The van der Waals surface area contributed by atoms with Gasteiger partial charge in [-0.05, 0) is 24.6 Å². The first-order chi connectivity index (χ1) is 7.72. The van der Waals surface area contributed by atoms with E-state index < -0.39 is 0 Å². The number of ether oxygens (including phenoxy) is 1. The van der Waals surface area contributed by atoms with Gasteiger partial charge in [-0.3, -0.25) is 0 Å². The Morgan fingerprint density at radius 1 is 1.31 bits per heavy atom. The molecule has 1 aromatic heterocycles. The number of methoxy groups -OCH3 is 1. The third kappa shape index (κ3) is 2.08. The summed E-state index contributed by atoms with van der Waals surface area (Å²) in [4.78, 5) is 5.33. The third-order valence-corrected chi connectivity index (χ3v) is 3.55. The predicted octanol–water partition coefficient (Wildman–Crippen LogP) is 2.51. The van der Waals surface area contributed by atoms with E-state index in [-0.39, 0.29) is 6.04 Å². The van der Waals surface area contributed by atoms with Crippen molar-refractivity contribution < 1.29 is 4.74 Å². The van der Waals surface area contributed by atoms with Gasteiger partial charge >= 0.3 is 0 Å². The maximum absolute atomic E-state index is 6.18. The Morgan fingerprint density at radius 3 is 2.50 bits per heavy atom. The summed E-state index contributed by atoms with van der Waals surface area (Å²) in [6.45, 7) is 1.98. The van der Waals surface area contributed by atoms with Crippen molar-refractivity contribution in [3.05, 3.63) is 45.9 Å². The second-order valence-electron chi connectivity index (χ2n) is 3.55. The van der Waals surface area contributed by atoms with Gasteiger partial charge in [-0.1, -0.05) is 12.1 Å². The van der Waals surface area contributed by atoms with E-state index in [1.165, 1.54) is 0 Å². The van der Waals surface area contributed by atoms with Gasteiger partial charge in [0.15, 0.2) is 0 Å². The molecule has 4 heteroatoms. The fraction of sp³-hybridized carbons (Fsp3) is 0.250. The molecule has 2 aromatic rings. The second-order valence-corrected chi connectivity index (χ2v) is 4.44. The van der Waals surface area contributed by atoms with Crippen molar-refractivity contribution in [1.29, 1.82) is 0 Å². The van der Waals surface area contributed by atoms with Gasteiger partial charge in [-0.2, -0.15) is 0 Å². The first kappa shape index (κ1) is 11.1. The summed E-state index contributed by atoms with van der Waals surface area (Å²) < 4.78 is 5.11. The van der Waals surface area contributed by atoms with Crippen LogP contribution in [0.2, 0.25) is 0 Å². The van der Waals surface area contributed by atoms with Crippen molar-refractivity contribution in [2.75, 3.05) is 7.11 Å². The standard InChI is InChI=1S/C12H14N2OS/c1-8-12(16-7-14-8)11(13)9-3-5-10(15-2)6-4-9/h3-7,11H,13H2,1-2H3. The number of nitrogens with two attached hydrogens (primary N) is 1. The zero-order valence-corrected chi connectivity index (χ0v) is 10.1. The highest BCUT2D eigenvalue weighted by Crippen LogP contribution is 2.26. The van der Waals surface area contributed by atoms with E-state index in [1.54, 1.807) is 18.4 Å². The number of rotatable bonds is 3. The normalized spacial score (nSPS) is 12.4. The maximum Gasteiger partial charge on any atom is 0.118 e. The van der Waals surface area contributed by atoms with Crippen LogP contribution in [0, 0.1) is 6.92 Å². The molecule has 16 heavy (non-hydrogen) atoms. The molecular weight excluding hydrogens is 220 g/mol. The van der Waals surface area contributed by atoms with Crippen molar-refractivity contribution in [2.45, 2.75) is 13.0 Å². The van der Waals surface area contributed by atoms with Gasteiger partial charge < -0.3 is 10.5 Å². The van der Waals surface area contributed by atoms with Gasteiger partial charge in [0.25, 0.3) is 0 Å². The molecule has 0 amide bonds. The number of hydrogen-bond donors (Lipinski definition) is 1. The van der Waals surface area contributed by atoms with Crippen LogP contribution in [-0.4, -0.2) is 12.1 Å². The summed E-state index contributed by atoms with van der Waals surface area (Å²) in [5.41, 5.74) is 10.1. The van der Waals surface area contributed by atoms with Crippen LogP contribution in [0.25, 0.3) is 0 Å². The lowest BCUT2D eigenvalue weighted by Gasteiger charge is -2.11. The highest BCUT2D eigenvalue weighted by molar-refractivity contribution is 7.09. The number of aromatic nitrogens is 1. The van der Waals surface area contributed by atoms with E-state index in [1.807, 2.05) is 36.7 Å². The van der Waals surface area contributed by atoms with Crippen LogP contribution in [0.15, 0.2) is 29.8 Å². The summed E-state index contributed by atoms with van der Waals surface area (Å²) in [5, 5.41) is 0. The molecular formula is C12H14N2OS. The molecule has 3 nitrogen and oxygen atoms in total. The molecule has 0 saturated heterocycles. The van der Waals surface area contributed by atoms with Crippen LogP contribution in [-0.2, 0) is 0 Å². The Kier molecular flexibility index (Phi) is 3.22.